The molecule has 17 heavy (non-hydrogen) atoms. The van der Waals surface area contributed by atoms with Crippen molar-refractivity contribution in [2.24, 2.45) is 0 Å². The lowest BCUT2D eigenvalue weighted by atomic mass is 10.2. The number of thioether (sulfide) groups is 1. The van der Waals surface area contributed by atoms with Gasteiger partial charge in [-0.1, -0.05) is 22.0 Å². The van der Waals surface area contributed by atoms with Crippen LogP contribution < -0.4 is 0 Å². The maximum absolute atomic E-state index is 12.0. The van der Waals surface area contributed by atoms with Crippen LogP contribution in [0.4, 0.5) is 13.2 Å². The molecule has 0 fully saturated rings. The standard InChI is InChI=1S/C11H9BrF3NS/c12-9-2-1-3-10-8(9)4-5-16(10)6-7-17-11(13,14)15/h1-5H,6-7H2. The van der Waals surface area contributed by atoms with Gasteiger partial charge in [0, 0.05) is 33.9 Å². The van der Waals surface area contributed by atoms with Gasteiger partial charge in [0.2, 0.25) is 0 Å². The second-order valence-electron chi connectivity index (χ2n) is 3.48. The number of hydrogen-bond donors (Lipinski definition) is 0. The summed E-state index contributed by atoms with van der Waals surface area (Å²) in [5.41, 5.74) is -3.20. The molecule has 92 valence electrons. The lowest BCUT2D eigenvalue weighted by molar-refractivity contribution is -0.0328. The average molecular weight is 324 g/mol. The van der Waals surface area contributed by atoms with Crippen molar-refractivity contribution < 1.29 is 13.2 Å². The molecule has 6 heteroatoms. The summed E-state index contributed by atoms with van der Waals surface area (Å²) < 4.78 is 38.8. The zero-order valence-corrected chi connectivity index (χ0v) is 11.1. The van der Waals surface area contributed by atoms with Crippen molar-refractivity contribution in [1.29, 1.82) is 0 Å². The van der Waals surface area contributed by atoms with E-state index in [1.807, 2.05) is 35.0 Å². The van der Waals surface area contributed by atoms with Crippen LogP contribution in [0.3, 0.4) is 0 Å². The number of alkyl halides is 3. The molecule has 0 radical (unpaired) electrons. The zero-order chi connectivity index (χ0) is 12.5. The van der Waals surface area contributed by atoms with Crippen LogP contribution in [0.1, 0.15) is 0 Å². The molecule has 0 aliphatic carbocycles. The molecule has 0 saturated heterocycles. The van der Waals surface area contributed by atoms with Crippen molar-refractivity contribution >= 4 is 38.6 Å². The SMILES string of the molecule is FC(F)(F)SCCn1ccc2c(Br)cccc21. The van der Waals surface area contributed by atoms with E-state index < -0.39 is 5.51 Å². The van der Waals surface area contributed by atoms with Crippen molar-refractivity contribution in [2.45, 2.75) is 12.1 Å². The minimum absolute atomic E-state index is 0.0120. The smallest absolute Gasteiger partial charge is 0.347 e. The highest BCUT2D eigenvalue weighted by Gasteiger charge is 2.27. The lowest BCUT2D eigenvalue weighted by Crippen LogP contribution is -2.06. The van der Waals surface area contributed by atoms with Crippen molar-refractivity contribution in [2.75, 3.05) is 5.75 Å². The van der Waals surface area contributed by atoms with Gasteiger partial charge < -0.3 is 4.57 Å². The summed E-state index contributed by atoms with van der Waals surface area (Å²) in [4.78, 5) is 0. The van der Waals surface area contributed by atoms with Crippen LogP contribution in [0.2, 0.25) is 0 Å². The average Bonchev–Trinajstić information content (AvgIpc) is 2.61. The Bertz CT molecular complexity index is 521. The molecule has 0 unspecified atom stereocenters. The fourth-order valence-electron chi connectivity index (χ4n) is 1.64. The first-order chi connectivity index (χ1) is 7.97. The molecule has 2 rings (SSSR count). The molecule has 1 heterocycles. The van der Waals surface area contributed by atoms with Crippen molar-refractivity contribution in [1.82, 2.24) is 4.57 Å². The fourth-order valence-corrected chi connectivity index (χ4v) is 2.65. The molecule has 1 aromatic carbocycles. The third kappa shape index (κ3) is 3.19. The summed E-state index contributed by atoms with van der Waals surface area (Å²) in [6, 6.07) is 7.59. The first-order valence-electron chi connectivity index (χ1n) is 4.91. The quantitative estimate of drug-likeness (QED) is 0.795. The predicted molar refractivity (Wildman–Crippen MR) is 68.2 cm³/mol. The number of halogens is 4. The Kier molecular flexibility index (Phi) is 3.73. The van der Waals surface area contributed by atoms with Crippen molar-refractivity contribution in [3.05, 3.63) is 34.9 Å². The number of aromatic nitrogens is 1. The van der Waals surface area contributed by atoms with E-state index in [0.29, 0.717) is 6.54 Å². The molecule has 1 aromatic heterocycles. The van der Waals surface area contributed by atoms with Crippen LogP contribution in [0.15, 0.2) is 34.9 Å². The monoisotopic (exact) mass is 323 g/mol. The number of hydrogen-bond acceptors (Lipinski definition) is 1. The second kappa shape index (κ2) is 4.94. The number of aryl methyl sites for hydroxylation is 1. The molecule has 0 spiro atoms. The summed E-state index contributed by atoms with van der Waals surface area (Å²) in [6.07, 6.45) is 1.81. The molecule has 0 atom stereocenters. The Hall–Kier alpha value is -0.620. The molecule has 0 amide bonds. The van der Waals surface area contributed by atoms with Gasteiger partial charge in [-0.05, 0) is 30.0 Å². The molecule has 0 N–H and O–H groups in total. The van der Waals surface area contributed by atoms with Crippen molar-refractivity contribution in [3.63, 3.8) is 0 Å². The highest BCUT2D eigenvalue weighted by molar-refractivity contribution is 9.10. The van der Waals surface area contributed by atoms with Gasteiger partial charge in [-0.25, -0.2) is 0 Å². The third-order valence-corrected chi connectivity index (χ3v) is 3.76. The van der Waals surface area contributed by atoms with E-state index in [2.05, 4.69) is 15.9 Å². The van der Waals surface area contributed by atoms with Crippen LogP contribution in [0, 0.1) is 0 Å². The van der Waals surface area contributed by atoms with Crippen LogP contribution in [-0.4, -0.2) is 15.8 Å². The molecule has 0 bridgehead atoms. The minimum atomic E-state index is -4.15. The number of rotatable bonds is 3. The number of nitrogens with zero attached hydrogens (tertiary/aromatic N) is 1. The minimum Gasteiger partial charge on any atom is -0.347 e. The fraction of sp³-hybridized carbons (Fsp3) is 0.273. The summed E-state index contributed by atoms with van der Waals surface area (Å²) in [5.74, 6) is 0.0276. The van der Waals surface area contributed by atoms with Gasteiger partial charge in [0.15, 0.2) is 0 Å². The Morgan fingerprint density at radius 3 is 2.71 bits per heavy atom. The lowest BCUT2D eigenvalue weighted by Gasteiger charge is -2.07. The van der Waals surface area contributed by atoms with Crippen LogP contribution in [0.25, 0.3) is 10.9 Å². The molecule has 2 aromatic rings. The summed E-state index contributed by atoms with van der Waals surface area (Å²) in [7, 11) is 0. The molecular weight excluding hydrogens is 315 g/mol. The first kappa shape index (κ1) is 12.8. The largest absolute Gasteiger partial charge is 0.441 e. The normalized spacial score (nSPS) is 12.2. The second-order valence-corrected chi connectivity index (χ2v) is 5.49. The van der Waals surface area contributed by atoms with E-state index in [9.17, 15) is 13.2 Å². The molecule has 1 nitrogen and oxygen atoms in total. The maximum atomic E-state index is 12.0. The van der Waals surface area contributed by atoms with Crippen LogP contribution in [0.5, 0.6) is 0 Å². The summed E-state index contributed by atoms with van der Waals surface area (Å²) >= 11 is 3.42. The van der Waals surface area contributed by atoms with E-state index in [0.717, 1.165) is 15.4 Å². The van der Waals surface area contributed by atoms with Gasteiger partial charge in [-0.15, -0.1) is 0 Å². The third-order valence-electron chi connectivity index (χ3n) is 2.36. The summed E-state index contributed by atoms with van der Waals surface area (Å²) in [6.45, 7) is 0.351. The van der Waals surface area contributed by atoms with Gasteiger partial charge in [0.25, 0.3) is 0 Å². The van der Waals surface area contributed by atoms with Gasteiger partial charge in [-0.3, -0.25) is 0 Å². The zero-order valence-electron chi connectivity index (χ0n) is 8.67. The van der Waals surface area contributed by atoms with E-state index in [4.69, 9.17) is 0 Å². The van der Waals surface area contributed by atoms with E-state index in [1.165, 1.54) is 0 Å². The highest BCUT2D eigenvalue weighted by Crippen LogP contribution is 2.31. The van der Waals surface area contributed by atoms with Crippen molar-refractivity contribution in [3.8, 4) is 0 Å². The molecule has 0 aliphatic heterocycles. The Morgan fingerprint density at radius 1 is 1.24 bits per heavy atom. The van der Waals surface area contributed by atoms with Gasteiger partial charge in [-0.2, -0.15) is 13.2 Å². The Labute approximate surface area is 109 Å². The van der Waals surface area contributed by atoms with E-state index >= 15 is 0 Å². The summed E-state index contributed by atoms with van der Waals surface area (Å²) in [5, 5.41) is 1.02. The predicted octanol–water partition coefficient (Wildman–Crippen LogP) is 4.66. The molecule has 0 aliphatic rings. The van der Waals surface area contributed by atoms with E-state index in [1.54, 1.807) is 0 Å². The topological polar surface area (TPSA) is 4.93 Å². The molecule has 0 saturated carbocycles. The van der Waals surface area contributed by atoms with Gasteiger partial charge in [0.05, 0.1) is 0 Å². The van der Waals surface area contributed by atoms with Gasteiger partial charge in [0.1, 0.15) is 0 Å². The molecular formula is C11H9BrF3NS. The maximum Gasteiger partial charge on any atom is 0.441 e. The first-order valence-corrected chi connectivity index (χ1v) is 6.69. The highest BCUT2D eigenvalue weighted by atomic mass is 79.9. The number of benzene rings is 1. The Balaban J connectivity index is 2.12. The van der Waals surface area contributed by atoms with E-state index in [-0.39, 0.29) is 17.5 Å². The Morgan fingerprint density at radius 2 is 2.00 bits per heavy atom. The van der Waals surface area contributed by atoms with Crippen LogP contribution in [-0.2, 0) is 6.54 Å². The van der Waals surface area contributed by atoms with Gasteiger partial charge >= 0.3 is 5.51 Å². The number of fused-ring (bicyclic) bond motifs is 1. The van der Waals surface area contributed by atoms with Crippen LogP contribution >= 0.6 is 27.7 Å².